The number of ether oxygens (including phenoxy) is 1. The maximum atomic E-state index is 13.4. The molecule has 120 valence electrons. The van der Waals surface area contributed by atoms with Gasteiger partial charge in [-0.2, -0.15) is 13.2 Å². The van der Waals surface area contributed by atoms with Crippen molar-refractivity contribution in [1.82, 2.24) is 5.32 Å². The van der Waals surface area contributed by atoms with Gasteiger partial charge in [-0.15, -0.1) is 0 Å². The molecule has 0 aliphatic heterocycles. The summed E-state index contributed by atoms with van der Waals surface area (Å²) in [4.78, 5) is 0. The molecule has 1 aromatic carbocycles. The Labute approximate surface area is 122 Å². The first-order valence-corrected chi connectivity index (χ1v) is 6.84. The minimum atomic E-state index is -4.72. The smallest absolute Gasteiger partial charge is 0.376 e. The van der Waals surface area contributed by atoms with Crippen molar-refractivity contribution in [3.8, 4) is 0 Å². The van der Waals surface area contributed by atoms with Gasteiger partial charge >= 0.3 is 6.18 Å². The van der Waals surface area contributed by atoms with Gasteiger partial charge in [-0.3, -0.25) is 0 Å². The molecule has 0 aliphatic rings. The number of hydrogen-bond donors (Lipinski definition) is 1. The Morgan fingerprint density at radius 1 is 1.19 bits per heavy atom. The van der Waals surface area contributed by atoms with E-state index in [9.17, 15) is 17.6 Å². The van der Waals surface area contributed by atoms with Crippen LogP contribution in [0.4, 0.5) is 17.6 Å². The summed E-state index contributed by atoms with van der Waals surface area (Å²) in [6, 6.07) is 2.62. The van der Waals surface area contributed by atoms with Crippen molar-refractivity contribution in [1.29, 1.82) is 0 Å². The average Bonchev–Trinajstić information content (AvgIpc) is 2.45. The SMILES string of the molecule is CCC(CC)(OC)C(NC)c1ccc(F)c(C(F)(F)F)c1. The van der Waals surface area contributed by atoms with E-state index in [2.05, 4.69) is 5.32 Å². The molecule has 1 aromatic rings. The molecule has 0 aliphatic carbocycles. The van der Waals surface area contributed by atoms with Crippen molar-refractivity contribution in [2.45, 2.75) is 44.5 Å². The van der Waals surface area contributed by atoms with Crippen LogP contribution in [0.15, 0.2) is 18.2 Å². The van der Waals surface area contributed by atoms with Gasteiger partial charge in [0.15, 0.2) is 0 Å². The Hall–Kier alpha value is -1.14. The molecule has 0 bridgehead atoms. The highest BCUT2D eigenvalue weighted by Gasteiger charge is 2.39. The monoisotopic (exact) mass is 307 g/mol. The van der Waals surface area contributed by atoms with Crippen LogP contribution in [0.3, 0.4) is 0 Å². The largest absolute Gasteiger partial charge is 0.419 e. The van der Waals surface area contributed by atoms with E-state index in [4.69, 9.17) is 4.74 Å². The van der Waals surface area contributed by atoms with Crippen molar-refractivity contribution in [2.75, 3.05) is 14.2 Å². The molecule has 1 atom stereocenters. The molecule has 1 rings (SSSR count). The number of methoxy groups -OCH3 is 1. The van der Waals surface area contributed by atoms with E-state index < -0.39 is 29.2 Å². The molecule has 21 heavy (non-hydrogen) atoms. The average molecular weight is 307 g/mol. The van der Waals surface area contributed by atoms with Gasteiger partial charge in [0.1, 0.15) is 5.82 Å². The molecule has 0 heterocycles. The van der Waals surface area contributed by atoms with Crippen molar-refractivity contribution >= 4 is 0 Å². The molecular weight excluding hydrogens is 286 g/mol. The zero-order valence-electron chi connectivity index (χ0n) is 12.6. The summed E-state index contributed by atoms with van der Waals surface area (Å²) in [7, 11) is 3.19. The van der Waals surface area contributed by atoms with E-state index in [1.54, 1.807) is 7.05 Å². The van der Waals surface area contributed by atoms with Gasteiger partial charge in [-0.25, -0.2) is 4.39 Å². The van der Waals surface area contributed by atoms with Gasteiger partial charge < -0.3 is 10.1 Å². The lowest BCUT2D eigenvalue weighted by Gasteiger charge is -2.38. The summed E-state index contributed by atoms with van der Waals surface area (Å²) in [6.07, 6.45) is -3.49. The molecule has 0 fully saturated rings. The van der Waals surface area contributed by atoms with Crippen LogP contribution in [-0.2, 0) is 10.9 Å². The Kier molecular flexibility index (Phi) is 5.75. The van der Waals surface area contributed by atoms with Gasteiger partial charge in [0.05, 0.1) is 17.2 Å². The fraction of sp³-hybridized carbons (Fsp3) is 0.600. The topological polar surface area (TPSA) is 21.3 Å². The highest BCUT2D eigenvalue weighted by Crippen LogP contribution is 2.38. The second-order valence-electron chi connectivity index (χ2n) is 4.93. The first-order valence-electron chi connectivity index (χ1n) is 6.84. The number of nitrogens with one attached hydrogen (secondary N) is 1. The van der Waals surface area contributed by atoms with Crippen LogP contribution in [-0.4, -0.2) is 19.8 Å². The summed E-state index contributed by atoms with van der Waals surface area (Å²) in [6.45, 7) is 3.82. The predicted octanol–water partition coefficient (Wildman–Crippen LogP) is 4.31. The zero-order valence-corrected chi connectivity index (χ0v) is 12.6. The van der Waals surface area contributed by atoms with Crippen molar-refractivity contribution in [3.05, 3.63) is 35.1 Å². The number of halogens is 4. The van der Waals surface area contributed by atoms with Crippen molar-refractivity contribution in [3.63, 3.8) is 0 Å². The second-order valence-corrected chi connectivity index (χ2v) is 4.93. The number of benzene rings is 1. The molecule has 0 saturated carbocycles. The van der Waals surface area contributed by atoms with Crippen LogP contribution < -0.4 is 5.32 Å². The van der Waals surface area contributed by atoms with Crippen LogP contribution in [0.5, 0.6) is 0 Å². The number of hydrogen-bond acceptors (Lipinski definition) is 2. The zero-order chi connectivity index (χ0) is 16.3. The lowest BCUT2D eigenvalue weighted by atomic mass is 9.83. The van der Waals surface area contributed by atoms with Crippen LogP contribution in [0.1, 0.15) is 43.9 Å². The van der Waals surface area contributed by atoms with Crippen LogP contribution in [0.25, 0.3) is 0 Å². The standard InChI is InChI=1S/C15H21F4NO/c1-5-14(6-2,21-4)13(20-3)10-7-8-12(16)11(9-10)15(17,18)19/h7-9,13,20H,5-6H2,1-4H3. The Morgan fingerprint density at radius 2 is 1.76 bits per heavy atom. The summed E-state index contributed by atoms with van der Waals surface area (Å²) >= 11 is 0. The Morgan fingerprint density at radius 3 is 2.14 bits per heavy atom. The fourth-order valence-corrected chi connectivity index (χ4v) is 2.74. The summed E-state index contributed by atoms with van der Waals surface area (Å²) < 4.78 is 57.5. The van der Waals surface area contributed by atoms with Crippen LogP contribution in [0, 0.1) is 5.82 Å². The lowest BCUT2D eigenvalue weighted by Crippen LogP contribution is -2.43. The van der Waals surface area contributed by atoms with E-state index in [-0.39, 0.29) is 0 Å². The third-order valence-corrected chi connectivity index (χ3v) is 4.05. The number of rotatable bonds is 6. The Bertz CT molecular complexity index is 461. The van der Waals surface area contributed by atoms with Gasteiger partial charge in [-0.1, -0.05) is 19.9 Å². The first-order chi connectivity index (χ1) is 9.75. The van der Waals surface area contributed by atoms with E-state index in [0.717, 1.165) is 12.1 Å². The summed E-state index contributed by atoms with van der Waals surface area (Å²) in [5, 5.41) is 3.00. The quantitative estimate of drug-likeness (QED) is 0.791. The third-order valence-electron chi connectivity index (χ3n) is 4.05. The molecule has 2 nitrogen and oxygen atoms in total. The van der Waals surface area contributed by atoms with Gasteiger partial charge in [0.2, 0.25) is 0 Å². The van der Waals surface area contributed by atoms with Gasteiger partial charge in [0.25, 0.3) is 0 Å². The van der Waals surface area contributed by atoms with Crippen LogP contribution >= 0.6 is 0 Å². The highest BCUT2D eigenvalue weighted by atomic mass is 19.4. The minimum Gasteiger partial charge on any atom is -0.376 e. The summed E-state index contributed by atoms with van der Waals surface area (Å²) in [5.41, 5.74) is -1.54. The van der Waals surface area contributed by atoms with E-state index in [1.165, 1.54) is 13.2 Å². The molecule has 0 amide bonds. The van der Waals surface area contributed by atoms with Gasteiger partial charge in [-0.05, 0) is 37.6 Å². The molecule has 6 heteroatoms. The van der Waals surface area contributed by atoms with Gasteiger partial charge in [0, 0.05) is 7.11 Å². The number of likely N-dealkylation sites (N-methyl/N-ethyl adjacent to an activating group) is 1. The maximum absolute atomic E-state index is 13.4. The molecule has 0 radical (unpaired) electrons. The minimum absolute atomic E-state index is 0.358. The first kappa shape index (κ1) is 17.9. The molecule has 1 N–H and O–H groups in total. The predicted molar refractivity (Wildman–Crippen MR) is 73.5 cm³/mol. The Balaban J connectivity index is 3.36. The van der Waals surface area contributed by atoms with E-state index >= 15 is 0 Å². The second kappa shape index (κ2) is 6.75. The lowest BCUT2D eigenvalue weighted by molar-refractivity contribution is -0.140. The fourth-order valence-electron chi connectivity index (χ4n) is 2.74. The maximum Gasteiger partial charge on any atom is 0.419 e. The molecule has 1 unspecified atom stereocenters. The third kappa shape index (κ3) is 3.55. The highest BCUT2D eigenvalue weighted by molar-refractivity contribution is 5.31. The molecule has 0 aromatic heterocycles. The van der Waals surface area contributed by atoms with Crippen molar-refractivity contribution in [2.24, 2.45) is 0 Å². The van der Waals surface area contributed by atoms with Crippen LogP contribution in [0.2, 0.25) is 0 Å². The van der Waals surface area contributed by atoms with Crippen molar-refractivity contribution < 1.29 is 22.3 Å². The molecule has 0 spiro atoms. The normalized spacial score (nSPS) is 14.3. The molecular formula is C15H21F4NO. The summed E-state index contributed by atoms with van der Waals surface area (Å²) in [5.74, 6) is -1.27. The molecule has 0 saturated heterocycles. The van der Waals surface area contributed by atoms with E-state index in [0.29, 0.717) is 18.4 Å². The number of alkyl halides is 3. The van der Waals surface area contributed by atoms with E-state index in [1.807, 2.05) is 13.8 Å².